The van der Waals surface area contributed by atoms with Crippen molar-refractivity contribution < 1.29 is 9.59 Å². The molecule has 12 heavy (non-hydrogen) atoms. The lowest BCUT2D eigenvalue weighted by atomic mass is 10.3. The van der Waals surface area contributed by atoms with Gasteiger partial charge in [-0.1, -0.05) is 0 Å². The molecular formula is C4H8N6O2. The van der Waals surface area contributed by atoms with Crippen molar-refractivity contribution in [2.45, 2.75) is 12.3 Å². The highest BCUT2D eigenvalue weighted by Crippen LogP contribution is 1.92. The molecule has 2 rings (SSSR count). The topological polar surface area (TPSA) is 106 Å². The minimum atomic E-state index is -0.438. The summed E-state index contributed by atoms with van der Waals surface area (Å²) in [5.41, 5.74) is 9.97. The first-order valence-electron chi connectivity index (χ1n) is 3.40. The van der Waals surface area contributed by atoms with E-state index in [-0.39, 0.29) is 18.2 Å². The number of hydrazine groups is 2. The Morgan fingerprint density at radius 2 is 1.33 bits per heavy atom. The molecule has 2 aliphatic rings. The van der Waals surface area contributed by atoms with Gasteiger partial charge in [0.25, 0.3) is 0 Å². The third-order valence-electron chi connectivity index (χ3n) is 1.59. The molecule has 66 valence electrons. The summed E-state index contributed by atoms with van der Waals surface area (Å²) >= 11 is 0. The molecule has 2 heterocycles. The van der Waals surface area contributed by atoms with E-state index in [0.29, 0.717) is 0 Å². The van der Waals surface area contributed by atoms with Crippen LogP contribution in [0.1, 0.15) is 0 Å². The molecule has 4 amide bonds. The first-order chi connectivity index (χ1) is 5.75. The quantitative estimate of drug-likeness (QED) is 0.238. The van der Waals surface area contributed by atoms with E-state index in [1.165, 1.54) is 0 Å². The third-order valence-corrected chi connectivity index (χ3v) is 1.59. The van der Waals surface area contributed by atoms with Crippen molar-refractivity contribution in [3.8, 4) is 0 Å². The van der Waals surface area contributed by atoms with Gasteiger partial charge in [0, 0.05) is 0 Å². The second-order valence-corrected chi connectivity index (χ2v) is 2.44. The number of rotatable bonds is 0. The van der Waals surface area contributed by atoms with Gasteiger partial charge in [-0.05, 0) is 0 Å². The Balaban J connectivity index is 2.03. The number of nitrogens with one attached hydrogen (secondary N) is 6. The van der Waals surface area contributed by atoms with Crippen LogP contribution in [0.25, 0.3) is 0 Å². The number of amides is 4. The van der Waals surface area contributed by atoms with Crippen LogP contribution in [0.15, 0.2) is 0 Å². The van der Waals surface area contributed by atoms with E-state index in [1.807, 2.05) is 0 Å². The molecule has 0 atom stereocenters. The van der Waals surface area contributed by atoms with Crippen LogP contribution in [-0.2, 0) is 0 Å². The van der Waals surface area contributed by atoms with Gasteiger partial charge in [-0.15, -0.1) is 0 Å². The van der Waals surface area contributed by atoms with Crippen LogP contribution in [0, 0.1) is 0 Å². The van der Waals surface area contributed by atoms with Crippen LogP contribution in [0.5, 0.6) is 0 Å². The van der Waals surface area contributed by atoms with E-state index < -0.39 is 6.17 Å². The zero-order valence-corrected chi connectivity index (χ0v) is 5.97. The summed E-state index contributed by atoms with van der Waals surface area (Å²) in [4.78, 5) is 21.5. The van der Waals surface area contributed by atoms with Gasteiger partial charge in [0.1, 0.15) is 12.3 Å². The van der Waals surface area contributed by atoms with Crippen molar-refractivity contribution in [1.82, 2.24) is 32.3 Å². The first kappa shape index (κ1) is 7.13. The average molecular weight is 172 g/mol. The number of hydrogen-bond acceptors (Lipinski definition) is 4. The fraction of sp³-hybridized carbons (Fsp3) is 0.500. The lowest BCUT2D eigenvalue weighted by molar-refractivity contribution is 0.155. The summed E-state index contributed by atoms with van der Waals surface area (Å²) in [6.45, 7) is 0. The summed E-state index contributed by atoms with van der Waals surface area (Å²) in [7, 11) is 0. The summed E-state index contributed by atoms with van der Waals surface area (Å²) in [5.74, 6) is 0. The first-order valence-corrected chi connectivity index (χ1v) is 3.40. The fourth-order valence-corrected chi connectivity index (χ4v) is 1.05. The molecule has 8 heteroatoms. The van der Waals surface area contributed by atoms with Gasteiger partial charge < -0.3 is 10.6 Å². The van der Waals surface area contributed by atoms with Crippen molar-refractivity contribution in [3.63, 3.8) is 0 Å². The molecule has 2 saturated heterocycles. The molecule has 0 aromatic carbocycles. The highest BCUT2D eigenvalue weighted by molar-refractivity contribution is 5.78. The molecule has 0 aromatic heterocycles. The van der Waals surface area contributed by atoms with Crippen LogP contribution < -0.4 is 32.3 Å². The Labute approximate surface area is 67.4 Å². The van der Waals surface area contributed by atoms with Gasteiger partial charge in [0.05, 0.1) is 0 Å². The molecule has 0 bridgehead atoms. The number of urea groups is 2. The summed E-state index contributed by atoms with van der Waals surface area (Å²) in [5, 5.41) is 5.00. The Kier molecular flexibility index (Phi) is 1.48. The number of carbonyl (C=O) groups excluding carboxylic acids is 2. The van der Waals surface area contributed by atoms with E-state index in [2.05, 4.69) is 32.3 Å². The highest BCUT2D eigenvalue weighted by atomic mass is 16.2. The van der Waals surface area contributed by atoms with Gasteiger partial charge in [-0.3, -0.25) is 10.9 Å². The summed E-state index contributed by atoms with van der Waals surface area (Å²) in [6, 6.07) is -0.750. The van der Waals surface area contributed by atoms with E-state index in [9.17, 15) is 9.59 Å². The lowest BCUT2D eigenvalue weighted by Gasteiger charge is -2.37. The molecule has 0 aliphatic carbocycles. The highest BCUT2D eigenvalue weighted by Gasteiger charge is 2.32. The van der Waals surface area contributed by atoms with E-state index in [1.54, 1.807) is 0 Å². The SMILES string of the molecule is O=C1NNC2NNC(=O)NC2N1. The van der Waals surface area contributed by atoms with Crippen LogP contribution in [0.4, 0.5) is 9.59 Å². The maximum Gasteiger partial charge on any atom is 0.330 e. The van der Waals surface area contributed by atoms with Gasteiger partial charge in [-0.2, -0.15) is 0 Å². The molecule has 0 aromatic rings. The van der Waals surface area contributed by atoms with E-state index in [0.717, 1.165) is 0 Å². The molecule has 0 unspecified atom stereocenters. The zero-order valence-electron chi connectivity index (χ0n) is 5.97. The van der Waals surface area contributed by atoms with Crippen molar-refractivity contribution in [3.05, 3.63) is 0 Å². The summed E-state index contributed by atoms with van der Waals surface area (Å²) in [6.07, 6.45) is -0.701. The van der Waals surface area contributed by atoms with Gasteiger partial charge in [0.15, 0.2) is 0 Å². The minimum Gasteiger partial charge on any atom is -0.314 e. The maximum absolute atomic E-state index is 10.7. The van der Waals surface area contributed by atoms with Gasteiger partial charge in [-0.25, -0.2) is 20.4 Å². The predicted octanol–water partition coefficient (Wildman–Crippen LogP) is -2.73. The molecule has 0 spiro atoms. The maximum atomic E-state index is 10.7. The lowest BCUT2D eigenvalue weighted by Crippen LogP contribution is -2.79. The smallest absolute Gasteiger partial charge is 0.314 e. The molecule has 6 N–H and O–H groups in total. The number of fused-ring (bicyclic) bond motifs is 1. The molecule has 0 saturated carbocycles. The zero-order chi connectivity index (χ0) is 8.55. The van der Waals surface area contributed by atoms with E-state index >= 15 is 0 Å². The third kappa shape index (κ3) is 1.12. The molecule has 2 aliphatic heterocycles. The minimum absolute atomic E-state index is 0.264. The van der Waals surface area contributed by atoms with Gasteiger partial charge >= 0.3 is 12.1 Å². The van der Waals surface area contributed by atoms with E-state index in [4.69, 9.17) is 0 Å². The average Bonchev–Trinajstić information content (AvgIpc) is 2.03. The Bertz CT molecular complexity index is 208. The monoisotopic (exact) mass is 172 g/mol. The predicted molar refractivity (Wildman–Crippen MR) is 37.2 cm³/mol. The van der Waals surface area contributed by atoms with Crippen molar-refractivity contribution in [1.29, 1.82) is 0 Å². The Morgan fingerprint density at radius 3 is 1.83 bits per heavy atom. The molecule has 2 fully saturated rings. The molecule has 8 nitrogen and oxygen atoms in total. The molecule has 0 radical (unpaired) electrons. The van der Waals surface area contributed by atoms with Gasteiger partial charge in [0.2, 0.25) is 0 Å². The van der Waals surface area contributed by atoms with Crippen molar-refractivity contribution in [2.24, 2.45) is 0 Å². The molecular weight excluding hydrogens is 164 g/mol. The van der Waals surface area contributed by atoms with Crippen LogP contribution >= 0.6 is 0 Å². The Morgan fingerprint density at radius 1 is 0.833 bits per heavy atom. The second kappa shape index (κ2) is 2.50. The Hall–Kier alpha value is -1.54. The summed E-state index contributed by atoms with van der Waals surface area (Å²) < 4.78 is 0. The fourth-order valence-electron chi connectivity index (χ4n) is 1.05. The standard InChI is InChI=1S/C4H8N6O2/c11-3-5-1-2(7-9-3)8-10-4(12)6-1/h1-2,7-8H,(H2,5,9,11)(H2,6,10,12). The second-order valence-electron chi connectivity index (χ2n) is 2.44. The van der Waals surface area contributed by atoms with Crippen molar-refractivity contribution in [2.75, 3.05) is 0 Å². The van der Waals surface area contributed by atoms with Crippen LogP contribution in [0.2, 0.25) is 0 Å². The number of hydrogen-bond donors (Lipinski definition) is 6. The van der Waals surface area contributed by atoms with Crippen LogP contribution in [0.3, 0.4) is 0 Å². The van der Waals surface area contributed by atoms with Crippen LogP contribution in [-0.4, -0.2) is 24.4 Å². The normalized spacial score (nSPS) is 33.7. The number of carbonyl (C=O) groups is 2. The van der Waals surface area contributed by atoms with Crippen molar-refractivity contribution >= 4 is 12.1 Å². The largest absolute Gasteiger partial charge is 0.330 e.